The van der Waals surface area contributed by atoms with Crippen LogP contribution in [-0.2, 0) is 13.6 Å². The zero-order valence-electron chi connectivity index (χ0n) is 16.7. The van der Waals surface area contributed by atoms with Gasteiger partial charge in [-0.2, -0.15) is 5.10 Å². The topological polar surface area (TPSA) is 83.3 Å². The first-order valence-corrected chi connectivity index (χ1v) is 10.1. The van der Waals surface area contributed by atoms with E-state index in [1.807, 2.05) is 23.9 Å². The van der Waals surface area contributed by atoms with Crippen molar-refractivity contribution < 1.29 is 9.90 Å². The Balaban J connectivity index is 1.26. The fourth-order valence-electron chi connectivity index (χ4n) is 4.01. The number of pyridine rings is 1. The van der Waals surface area contributed by atoms with E-state index in [2.05, 4.69) is 38.5 Å². The van der Waals surface area contributed by atoms with Crippen LogP contribution in [0.1, 0.15) is 28.9 Å². The predicted octanol–water partition coefficient (Wildman–Crippen LogP) is 2.15. The predicted molar refractivity (Wildman–Crippen MR) is 113 cm³/mol. The van der Waals surface area contributed by atoms with Crippen LogP contribution in [0.5, 0.6) is 0 Å². The van der Waals surface area contributed by atoms with Crippen LogP contribution in [0.15, 0.2) is 42.6 Å². The molecule has 0 aliphatic carbocycles. The molecule has 29 heavy (non-hydrogen) atoms. The van der Waals surface area contributed by atoms with Crippen molar-refractivity contribution in [1.29, 1.82) is 0 Å². The fourth-order valence-corrected chi connectivity index (χ4v) is 4.01. The van der Waals surface area contributed by atoms with Crippen molar-refractivity contribution in [3.63, 3.8) is 0 Å². The summed E-state index contributed by atoms with van der Waals surface area (Å²) in [6, 6.07) is 11.9. The van der Waals surface area contributed by atoms with Gasteiger partial charge in [0.1, 0.15) is 12.4 Å². The number of aryl methyl sites for hydroxylation is 1. The number of Topliss-reactive ketones (excluding diaryl/α,β-unsaturated/α-hetero) is 1. The third-order valence-electron chi connectivity index (χ3n) is 5.71. The smallest absolute Gasteiger partial charge is 0.189 e. The van der Waals surface area contributed by atoms with Crippen molar-refractivity contribution in [3.05, 3.63) is 53.9 Å². The molecule has 0 unspecified atom stereocenters. The highest BCUT2D eigenvalue weighted by molar-refractivity contribution is 5.96. The molecule has 3 aromatic rings. The summed E-state index contributed by atoms with van der Waals surface area (Å²) in [5, 5.41) is 18.4. The molecule has 2 N–H and O–H groups in total. The lowest BCUT2D eigenvalue weighted by Crippen LogP contribution is -2.37. The Kier molecular flexibility index (Phi) is 5.87. The highest BCUT2D eigenvalue weighted by atomic mass is 16.3. The third-order valence-corrected chi connectivity index (χ3v) is 5.71. The third kappa shape index (κ3) is 4.31. The first-order chi connectivity index (χ1) is 14.2. The fraction of sp³-hybridized carbons (Fsp3) is 0.409. The lowest BCUT2D eigenvalue weighted by molar-refractivity contribution is 0.0903. The summed E-state index contributed by atoms with van der Waals surface area (Å²) >= 11 is 0. The van der Waals surface area contributed by atoms with Crippen molar-refractivity contribution in [3.8, 4) is 0 Å². The Hall–Kier alpha value is -2.77. The minimum Gasteiger partial charge on any atom is -0.388 e. The van der Waals surface area contributed by atoms with Gasteiger partial charge in [-0.1, -0.05) is 18.2 Å². The van der Waals surface area contributed by atoms with Gasteiger partial charge in [0.15, 0.2) is 5.78 Å². The van der Waals surface area contributed by atoms with Gasteiger partial charge in [-0.25, -0.2) is 4.98 Å². The second kappa shape index (κ2) is 8.71. The number of carbonyl (C=O) groups excluding carboxylic acids is 1. The molecule has 3 heterocycles. The van der Waals surface area contributed by atoms with Gasteiger partial charge in [-0.05, 0) is 43.5 Å². The molecule has 152 valence electrons. The van der Waals surface area contributed by atoms with Gasteiger partial charge in [-0.3, -0.25) is 9.48 Å². The molecule has 1 fully saturated rings. The summed E-state index contributed by atoms with van der Waals surface area (Å²) in [4.78, 5) is 18.2. The van der Waals surface area contributed by atoms with E-state index < -0.39 is 6.61 Å². The summed E-state index contributed by atoms with van der Waals surface area (Å²) in [5.41, 5.74) is 2.72. The number of hydrogen-bond donors (Lipinski definition) is 2. The first-order valence-electron chi connectivity index (χ1n) is 10.1. The highest BCUT2D eigenvalue weighted by Crippen LogP contribution is 2.22. The number of para-hydroxylation sites is 1. The van der Waals surface area contributed by atoms with Crippen molar-refractivity contribution in [1.82, 2.24) is 20.1 Å². The molecule has 7 nitrogen and oxygen atoms in total. The molecule has 1 aliphatic heterocycles. The van der Waals surface area contributed by atoms with Crippen molar-refractivity contribution >= 4 is 22.5 Å². The van der Waals surface area contributed by atoms with Gasteiger partial charge >= 0.3 is 0 Å². The number of nitrogens with one attached hydrogen (secondary N) is 1. The van der Waals surface area contributed by atoms with Crippen LogP contribution < -0.4 is 10.2 Å². The second-order valence-electron chi connectivity index (χ2n) is 7.64. The van der Waals surface area contributed by atoms with Crippen LogP contribution >= 0.6 is 0 Å². The molecule has 2 aromatic heterocycles. The number of benzene rings is 1. The molecule has 0 saturated carbocycles. The number of nitrogens with zero attached hydrogens (tertiary/aromatic N) is 4. The number of aliphatic hydroxyl groups is 1. The van der Waals surface area contributed by atoms with Crippen LogP contribution in [0.25, 0.3) is 10.9 Å². The molecule has 0 radical (unpaired) electrons. The average molecular weight is 393 g/mol. The summed E-state index contributed by atoms with van der Waals surface area (Å²) in [7, 11) is 1.99. The zero-order valence-corrected chi connectivity index (χ0v) is 16.7. The summed E-state index contributed by atoms with van der Waals surface area (Å²) in [6.45, 7) is 3.20. The molecule has 0 spiro atoms. The van der Waals surface area contributed by atoms with Crippen LogP contribution in [0, 0.1) is 5.92 Å². The van der Waals surface area contributed by atoms with Crippen LogP contribution in [0.3, 0.4) is 0 Å². The van der Waals surface area contributed by atoms with E-state index in [-0.39, 0.29) is 5.78 Å². The number of piperidine rings is 1. The first kappa shape index (κ1) is 19.5. The van der Waals surface area contributed by atoms with Crippen molar-refractivity contribution in [2.45, 2.75) is 19.4 Å². The Bertz CT molecular complexity index is 975. The van der Waals surface area contributed by atoms with E-state index in [0.29, 0.717) is 11.5 Å². The Labute approximate surface area is 170 Å². The molecule has 1 aliphatic rings. The standard InChI is InChI=1S/C22H27N5O2/c1-26-20-5-3-2-4-18(20)19(25-26)14-23-12-16-8-10-27(11-9-16)22-7-6-17(13-24-22)21(29)15-28/h2-7,13,16,23,28H,8-12,14-15H2,1H3. The van der Waals surface area contributed by atoms with Gasteiger partial charge in [0.25, 0.3) is 0 Å². The minimum atomic E-state index is -0.478. The Morgan fingerprint density at radius 2 is 2.00 bits per heavy atom. The van der Waals surface area contributed by atoms with Crippen LogP contribution in [-0.4, -0.2) is 51.9 Å². The maximum absolute atomic E-state index is 11.5. The molecule has 4 rings (SSSR count). The maximum Gasteiger partial charge on any atom is 0.189 e. The number of aromatic nitrogens is 3. The molecule has 0 bridgehead atoms. The minimum absolute atomic E-state index is 0.297. The van der Waals surface area contributed by atoms with Crippen molar-refractivity contribution in [2.24, 2.45) is 13.0 Å². The van der Waals surface area contributed by atoms with Crippen molar-refractivity contribution in [2.75, 3.05) is 31.1 Å². The summed E-state index contributed by atoms with van der Waals surface area (Å²) in [5.74, 6) is 1.23. The molecular formula is C22H27N5O2. The van der Waals surface area contributed by atoms with Crippen LogP contribution in [0.2, 0.25) is 0 Å². The van der Waals surface area contributed by atoms with Gasteiger partial charge in [-0.15, -0.1) is 0 Å². The van der Waals surface area contributed by atoms with Crippen LogP contribution in [0.4, 0.5) is 5.82 Å². The maximum atomic E-state index is 11.5. The molecule has 1 saturated heterocycles. The van der Waals surface area contributed by atoms with Gasteiger partial charge in [0, 0.05) is 43.8 Å². The summed E-state index contributed by atoms with van der Waals surface area (Å²) < 4.78 is 1.94. The summed E-state index contributed by atoms with van der Waals surface area (Å²) in [6.07, 6.45) is 3.77. The normalized spacial score (nSPS) is 15.2. The van der Waals surface area contributed by atoms with E-state index in [0.717, 1.165) is 56.0 Å². The monoisotopic (exact) mass is 393 g/mol. The number of fused-ring (bicyclic) bond motifs is 1. The van der Waals surface area contributed by atoms with E-state index in [1.54, 1.807) is 12.3 Å². The lowest BCUT2D eigenvalue weighted by atomic mass is 9.96. The molecule has 0 amide bonds. The molecular weight excluding hydrogens is 366 g/mol. The molecule has 0 atom stereocenters. The van der Waals surface area contributed by atoms with E-state index >= 15 is 0 Å². The number of rotatable bonds is 7. The lowest BCUT2D eigenvalue weighted by Gasteiger charge is -2.33. The quantitative estimate of drug-likeness (QED) is 0.599. The number of anilines is 1. The van der Waals surface area contributed by atoms with E-state index in [9.17, 15) is 4.79 Å². The van der Waals surface area contributed by atoms with Gasteiger partial charge in [0.05, 0.1) is 11.2 Å². The SMILES string of the molecule is Cn1nc(CNCC2CCN(c3ccc(C(=O)CO)cn3)CC2)c2ccccc21. The molecule has 7 heteroatoms. The van der Waals surface area contributed by atoms with Gasteiger partial charge < -0.3 is 15.3 Å². The average Bonchev–Trinajstić information content (AvgIpc) is 3.10. The van der Waals surface area contributed by atoms with Gasteiger partial charge in [0.2, 0.25) is 0 Å². The largest absolute Gasteiger partial charge is 0.388 e. The second-order valence-corrected chi connectivity index (χ2v) is 7.64. The zero-order chi connectivity index (χ0) is 20.2. The Morgan fingerprint density at radius 1 is 1.21 bits per heavy atom. The molecule has 1 aromatic carbocycles. The van der Waals surface area contributed by atoms with E-state index in [1.165, 1.54) is 5.39 Å². The number of aliphatic hydroxyl groups excluding tert-OH is 1. The number of carbonyl (C=O) groups is 1. The number of ketones is 1. The van der Waals surface area contributed by atoms with E-state index in [4.69, 9.17) is 5.11 Å². The highest BCUT2D eigenvalue weighted by Gasteiger charge is 2.20. The Morgan fingerprint density at radius 3 is 2.72 bits per heavy atom. The number of hydrogen-bond acceptors (Lipinski definition) is 6.